The number of para-hydroxylation sites is 1. The van der Waals surface area contributed by atoms with Crippen molar-refractivity contribution in [1.29, 1.82) is 0 Å². The van der Waals surface area contributed by atoms with Crippen molar-refractivity contribution in [3.63, 3.8) is 0 Å². The Morgan fingerprint density at radius 2 is 2.07 bits per heavy atom. The second-order valence-corrected chi connectivity index (χ2v) is 7.53. The number of nitrogens with one attached hydrogen (secondary N) is 2. The van der Waals surface area contributed by atoms with Crippen LogP contribution in [0.5, 0.6) is 0 Å². The number of aromatic nitrogens is 1. The molecule has 1 atom stereocenters. The van der Waals surface area contributed by atoms with Gasteiger partial charge in [0, 0.05) is 49.7 Å². The molecule has 2 fully saturated rings. The molecule has 0 radical (unpaired) electrons. The Morgan fingerprint density at radius 1 is 1.25 bits per heavy atom. The average molecular weight is 384 g/mol. The van der Waals surface area contributed by atoms with E-state index in [-0.39, 0.29) is 17.9 Å². The SMILES string of the molecule is O=C(NCCCN1CCOCC1)C1CCC(=O)N1Cc1c[nH]c2ccccc12. The number of ether oxygens (including phenoxy) is 1. The van der Waals surface area contributed by atoms with Gasteiger partial charge in [0.15, 0.2) is 0 Å². The molecular formula is C21H28N4O3. The zero-order valence-corrected chi connectivity index (χ0v) is 16.2. The number of carbonyl (C=O) groups is 2. The van der Waals surface area contributed by atoms with E-state index >= 15 is 0 Å². The van der Waals surface area contributed by atoms with Gasteiger partial charge in [0.25, 0.3) is 0 Å². The molecule has 3 heterocycles. The topological polar surface area (TPSA) is 77.7 Å². The highest BCUT2D eigenvalue weighted by molar-refractivity contribution is 5.91. The molecule has 0 bridgehead atoms. The van der Waals surface area contributed by atoms with Crippen LogP contribution in [-0.2, 0) is 20.9 Å². The zero-order valence-electron chi connectivity index (χ0n) is 16.2. The molecule has 28 heavy (non-hydrogen) atoms. The number of hydrogen-bond acceptors (Lipinski definition) is 4. The minimum atomic E-state index is -0.371. The van der Waals surface area contributed by atoms with Crippen LogP contribution in [0.2, 0.25) is 0 Å². The maximum Gasteiger partial charge on any atom is 0.242 e. The number of amides is 2. The van der Waals surface area contributed by atoms with Crippen molar-refractivity contribution in [2.75, 3.05) is 39.4 Å². The first kappa shape index (κ1) is 19.0. The van der Waals surface area contributed by atoms with E-state index in [9.17, 15) is 9.59 Å². The number of aromatic amines is 1. The Labute approximate surface area is 165 Å². The molecule has 1 aromatic heterocycles. The van der Waals surface area contributed by atoms with Gasteiger partial charge in [-0.2, -0.15) is 0 Å². The monoisotopic (exact) mass is 384 g/mol. The fourth-order valence-electron chi connectivity index (χ4n) is 4.11. The summed E-state index contributed by atoms with van der Waals surface area (Å²) < 4.78 is 5.35. The minimum absolute atomic E-state index is 0.0346. The maximum absolute atomic E-state index is 12.7. The van der Waals surface area contributed by atoms with Crippen molar-refractivity contribution in [3.05, 3.63) is 36.0 Å². The molecule has 7 nitrogen and oxygen atoms in total. The summed E-state index contributed by atoms with van der Waals surface area (Å²) >= 11 is 0. The third kappa shape index (κ3) is 4.20. The Balaban J connectivity index is 1.31. The molecule has 2 N–H and O–H groups in total. The van der Waals surface area contributed by atoms with Crippen LogP contribution in [0.3, 0.4) is 0 Å². The highest BCUT2D eigenvalue weighted by Gasteiger charge is 2.36. The van der Waals surface area contributed by atoms with Crippen LogP contribution in [0, 0.1) is 0 Å². The molecule has 2 aliphatic rings. The molecule has 2 saturated heterocycles. The van der Waals surface area contributed by atoms with E-state index in [0.29, 0.717) is 25.9 Å². The fraction of sp³-hybridized carbons (Fsp3) is 0.524. The molecular weight excluding hydrogens is 356 g/mol. The van der Waals surface area contributed by atoms with Gasteiger partial charge < -0.3 is 19.9 Å². The van der Waals surface area contributed by atoms with Crippen molar-refractivity contribution in [1.82, 2.24) is 20.1 Å². The normalized spacial score (nSPS) is 20.8. The van der Waals surface area contributed by atoms with E-state index in [0.717, 1.165) is 55.7 Å². The largest absolute Gasteiger partial charge is 0.379 e. The number of benzene rings is 1. The third-order valence-corrected chi connectivity index (χ3v) is 5.70. The highest BCUT2D eigenvalue weighted by Crippen LogP contribution is 2.25. The molecule has 150 valence electrons. The zero-order chi connectivity index (χ0) is 19.3. The standard InChI is InChI=1S/C21H28N4O3/c26-20-7-6-19(21(27)22-8-3-9-24-10-12-28-13-11-24)25(20)15-16-14-23-18-5-2-1-4-17(16)18/h1-2,4-5,14,19,23H,3,6-13,15H2,(H,22,27). The summed E-state index contributed by atoms with van der Waals surface area (Å²) in [6.45, 7) is 5.58. The molecule has 0 spiro atoms. The van der Waals surface area contributed by atoms with Gasteiger partial charge >= 0.3 is 0 Å². The number of nitrogens with zero attached hydrogens (tertiary/aromatic N) is 2. The second-order valence-electron chi connectivity index (χ2n) is 7.53. The van der Waals surface area contributed by atoms with Crippen LogP contribution < -0.4 is 5.32 Å². The third-order valence-electron chi connectivity index (χ3n) is 5.70. The lowest BCUT2D eigenvalue weighted by molar-refractivity contribution is -0.135. The predicted octanol–water partition coefficient (Wildman–Crippen LogP) is 1.50. The van der Waals surface area contributed by atoms with Gasteiger partial charge in [0.05, 0.1) is 13.2 Å². The number of H-pyrrole nitrogens is 1. The maximum atomic E-state index is 12.7. The van der Waals surface area contributed by atoms with Crippen LogP contribution >= 0.6 is 0 Å². The summed E-state index contributed by atoms with van der Waals surface area (Å²) in [5, 5.41) is 4.14. The van der Waals surface area contributed by atoms with Crippen LogP contribution in [0.1, 0.15) is 24.8 Å². The lowest BCUT2D eigenvalue weighted by atomic mass is 10.1. The Kier molecular flexibility index (Phi) is 5.92. The van der Waals surface area contributed by atoms with Crippen molar-refractivity contribution < 1.29 is 14.3 Å². The molecule has 4 rings (SSSR count). The Bertz CT molecular complexity index is 828. The van der Waals surface area contributed by atoms with Gasteiger partial charge in [-0.05, 0) is 31.0 Å². The molecule has 7 heteroatoms. The number of morpholine rings is 1. The average Bonchev–Trinajstić information content (AvgIpc) is 3.30. The summed E-state index contributed by atoms with van der Waals surface area (Å²) in [7, 11) is 0. The highest BCUT2D eigenvalue weighted by atomic mass is 16.5. The van der Waals surface area contributed by atoms with E-state index < -0.39 is 0 Å². The molecule has 1 aromatic carbocycles. The summed E-state index contributed by atoms with van der Waals surface area (Å²) in [6, 6.07) is 7.66. The molecule has 1 unspecified atom stereocenters. The molecule has 0 aliphatic carbocycles. The molecule has 2 amide bonds. The van der Waals surface area contributed by atoms with Crippen molar-refractivity contribution in [2.45, 2.75) is 31.8 Å². The number of carbonyl (C=O) groups excluding carboxylic acids is 2. The van der Waals surface area contributed by atoms with Crippen LogP contribution in [0.15, 0.2) is 30.5 Å². The van der Waals surface area contributed by atoms with Crippen LogP contribution in [-0.4, -0.2) is 72.0 Å². The summed E-state index contributed by atoms with van der Waals surface area (Å²) in [5.74, 6) is 0.0198. The summed E-state index contributed by atoms with van der Waals surface area (Å²) in [4.78, 5) is 32.4. The fourth-order valence-corrected chi connectivity index (χ4v) is 4.11. The van der Waals surface area contributed by atoms with E-state index in [1.165, 1.54) is 0 Å². The van der Waals surface area contributed by atoms with E-state index in [4.69, 9.17) is 4.74 Å². The van der Waals surface area contributed by atoms with Gasteiger partial charge in [-0.25, -0.2) is 0 Å². The first-order valence-electron chi connectivity index (χ1n) is 10.1. The lowest BCUT2D eigenvalue weighted by Crippen LogP contribution is -2.45. The van der Waals surface area contributed by atoms with Crippen LogP contribution in [0.25, 0.3) is 10.9 Å². The molecule has 2 aromatic rings. The van der Waals surface area contributed by atoms with Crippen LogP contribution in [0.4, 0.5) is 0 Å². The smallest absolute Gasteiger partial charge is 0.242 e. The Morgan fingerprint density at radius 3 is 2.93 bits per heavy atom. The van der Waals surface area contributed by atoms with Gasteiger partial charge in [-0.15, -0.1) is 0 Å². The van der Waals surface area contributed by atoms with Gasteiger partial charge in [0.1, 0.15) is 6.04 Å². The van der Waals surface area contributed by atoms with Gasteiger partial charge in [-0.3, -0.25) is 14.5 Å². The number of rotatable bonds is 7. The van der Waals surface area contributed by atoms with Crippen molar-refractivity contribution >= 4 is 22.7 Å². The quantitative estimate of drug-likeness (QED) is 0.709. The Hall–Kier alpha value is -2.38. The summed E-state index contributed by atoms with van der Waals surface area (Å²) in [6.07, 6.45) is 3.88. The van der Waals surface area contributed by atoms with E-state index in [2.05, 4.69) is 15.2 Å². The number of likely N-dealkylation sites (tertiary alicyclic amines) is 1. The van der Waals surface area contributed by atoms with Crippen molar-refractivity contribution in [3.8, 4) is 0 Å². The molecule has 2 aliphatic heterocycles. The van der Waals surface area contributed by atoms with Crippen molar-refractivity contribution in [2.24, 2.45) is 0 Å². The first-order chi connectivity index (χ1) is 13.7. The first-order valence-corrected chi connectivity index (χ1v) is 10.1. The number of hydrogen-bond donors (Lipinski definition) is 2. The predicted molar refractivity (Wildman–Crippen MR) is 107 cm³/mol. The number of fused-ring (bicyclic) bond motifs is 1. The minimum Gasteiger partial charge on any atom is -0.379 e. The molecule has 0 saturated carbocycles. The van der Waals surface area contributed by atoms with Gasteiger partial charge in [0.2, 0.25) is 11.8 Å². The summed E-state index contributed by atoms with van der Waals surface area (Å²) in [5.41, 5.74) is 2.10. The second kappa shape index (κ2) is 8.75. The lowest BCUT2D eigenvalue weighted by Gasteiger charge is -2.27. The van der Waals surface area contributed by atoms with Gasteiger partial charge in [-0.1, -0.05) is 18.2 Å². The van der Waals surface area contributed by atoms with E-state index in [1.807, 2.05) is 30.5 Å². The van der Waals surface area contributed by atoms with E-state index in [1.54, 1.807) is 4.90 Å².